The van der Waals surface area contributed by atoms with E-state index in [9.17, 15) is 4.79 Å². The van der Waals surface area contributed by atoms with E-state index in [2.05, 4.69) is 15.5 Å². The number of carbonyl (C=O) groups excluding carboxylic acids is 1. The second kappa shape index (κ2) is 6.21. The number of rotatable bonds is 5. The molecule has 1 N–H and O–H groups in total. The number of nitrogens with zero attached hydrogens (tertiary/aromatic N) is 2. The van der Waals surface area contributed by atoms with E-state index in [1.54, 1.807) is 29.2 Å². The van der Waals surface area contributed by atoms with E-state index < -0.39 is 0 Å². The predicted molar refractivity (Wildman–Crippen MR) is 77.5 cm³/mol. The van der Waals surface area contributed by atoms with E-state index in [-0.39, 0.29) is 11.2 Å². The van der Waals surface area contributed by atoms with Crippen molar-refractivity contribution in [3.05, 3.63) is 27.8 Å². The topological polar surface area (TPSA) is 68.0 Å². The molecule has 2 aromatic heterocycles. The van der Waals surface area contributed by atoms with Crippen molar-refractivity contribution in [1.29, 1.82) is 0 Å². The van der Waals surface area contributed by atoms with Crippen LogP contribution in [0.3, 0.4) is 0 Å². The van der Waals surface area contributed by atoms with Gasteiger partial charge in [-0.2, -0.15) is 0 Å². The van der Waals surface area contributed by atoms with Crippen LogP contribution in [0.25, 0.3) is 0 Å². The number of thioether (sulfide) groups is 1. The molecule has 0 radical (unpaired) electrons. The van der Waals surface area contributed by atoms with Crippen LogP contribution in [0.5, 0.6) is 0 Å². The summed E-state index contributed by atoms with van der Waals surface area (Å²) in [5, 5.41) is 9.31. The van der Waals surface area contributed by atoms with Crippen molar-refractivity contribution < 1.29 is 9.32 Å². The molecule has 0 saturated carbocycles. The number of nitrogens with one attached hydrogen (secondary N) is 1. The Morgan fingerprint density at radius 1 is 1.58 bits per heavy atom. The zero-order valence-corrected chi connectivity index (χ0v) is 12.6. The average Bonchev–Trinajstić information content (AvgIpc) is 2.95. The van der Waals surface area contributed by atoms with Crippen LogP contribution in [0.1, 0.15) is 23.3 Å². The maximum absolute atomic E-state index is 11.9. The van der Waals surface area contributed by atoms with E-state index in [1.807, 2.05) is 26.2 Å². The molecule has 2 heterocycles. The summed E-state index contributed by atoms with van der Waals surface area (Å²) in [5.41, 5.74) is 1.76. The van der Waals surface area contributed by atoms with Crippen molar-refractivity contribution in [2.45, 2.75) is 31.8 Å². The first-order chi connectivity index (χ1) is 9.04. The fourth-order valence-corrected chi connectivity index (χ4v) is 2.90. The van der Waals surface area contributed by atoms with Crippen LogP contribution in [0.2, 0.25) is 0 Å². The highest BCUT2D eigenvalue weighted by molar-refractivity contribution is 7.99. The third kappa shape index (κ3) is 4.07. The van der Waals surface area contributed by atoms with Crippen molar-refractivity contribution in [3.8, 4) is 0 Å². The summed E-state index contributed by atoms with van der Waals surface area (Å²) >= 11 is 3.17. The summed E-state index contributed by atoms with van der Waals surface area (Å²) in [7, 11) is 0. The normalized spacial score (nSPS) is 12.4. The van der Waals surface area contributed by atoms with Crippen LogP contribution in [0, 0.1) is 13.8 Å². The Labute approximate surface area is 119 Å². The molecule has 2 rings (SSSR count). The number of thiazole rings is 1. The molecule has 0 aliphatic rings. The summed E-state index contributed by atoms with van der Waals surface area (Å²) in [6.07, 6.45) is 0. The lowest BCUT2D eigenvalue weighted by Crippen LogP contribution is -2.22. The Balaban J connectivity index is 1.82. The molecule has 7 heteroatoms. The first kappa shape index (κ1) is 14.1. The molecule has 102 valence electrons. The molecular formula is C12H15N3O2S2. The Morgan fingerprint density at radius 3 is 2.95 bits per heavy atom. The predicted octanol–water partition coefficient (Wildman–Crippen LogP) is 3.01. The second-order valence-corrected chi connectivity index (χ2v) is 6.52. The van der Waals surface area contributed by atoms with Crippen LogP contribution in [-0.4, -0.2) is 21.3 Å². The summed E-state index contributed by atoms with van der Waals surface area (Å²) in [6, 6.07) is 1.69. The molecule has 0 bridgehead atoms. The van der Waals surface area contributed by atoms with Gasteiger partial charge in [0, 0.05) is 17.2 Å². The minimum Gasteiger partial charge on any atom is -0.338 e. The van der Waals surface area contributed by atoms with Crippen molar-refractivity contribution in [2.24, 2.45) is 0 Å². The van der Waals surface area contributed by atoms with Gasteiger partial charge in [0.25, 0.3) is 0 Å². The molecule has 0 saturated heterocycles. The van der Waals surface area contributed by atoms with E-state index >= 15 is 0 Å². The van der Waals surface area contributed by atoms with E-state index in [0.717, 1.165) is 22.1 Å². The molecule has 0 aromatic carbocycles. The van der Waals surface area contributed by atoms with E-state index in [0.29, 0.717) is 5.88 Å². The number of hydrogen-bond donors (Lipinski definition) is 1. The minimum absolute atomic E-state index is 0.0897. The molecule has 19 heavy (non-hydrogen) atoms. The van der Waals surface area contributed by atoms with Gasteiger partial charge in [0.2, 0.25) is 11.8 Å². The molecule has 0 aliphatic carbocycles. The van der Waals surface area contributed by atoms with Crippen LogP contribution in [0.4, 0.5) is 5.88 Å². The fraction of sp³-hybridized carbons (Fsp3) is 0.417. The molecule has 5 nitrogen and oxygen atoms in total. The van der Waals surface area contributed by atoms with Crippen molar-refractivity contribution >= 4 is 34.9 Å². The van der Waals surface area contributed by atoms with Gasteiger partial charge in [0.15, 0.2) is 0 Å². The molecule has 0 aliphatic heterocycles. The number of aromatic nitrogens is 2. The largest absolute Gasteiger partial charge is 0.338 e. The zero-order chi connectivity index (χ0) is 13.8. The molecule has 1 amide bonds. The molecule has 0 fully saturated rings. The Morgan fingerprint density at radius 2 is 2.37 bits per heavy atom. The highest BCUT2D eigenvalue weighted by Gasteiger charge is 2.16. The fourth-order valence-electron chi connectivity index (χ4n) is 1.41. The van der Waals surface area contributed by atoms with Crippen LogP contribution in [-0.2, 0) is 10.5 Å². The van der Waals surface area contributed by atoms with Crippen molar-refractivity contribution in [2.75, 3.05) is 5.32 Å². The van der Waals surface area contributed by atoms with Gasteiger partial charge in [0.1, 0.15) is 0 Å². The lowest BCUT2D eigenvalue weighted by atomic mass is 10.4. The Hall–Kier alpha value is -1.34. The minimum atomic E-state index is -0.174. The van der Waals surface area contributed by atoms with E-state index in [1.165, 1.54) is 0 Å². The zero-order valence-electron chi connectivity index (χ0n) is 11.0. The number of aryl methyl sites for hydroxylation is 2. The van der Waals surface area contributed by atoms with E-state index in [4.69, 9.17) is 4.52 Å². The highest BCUT2D eigenvalue weighted by atomic mass is 32.2. The van der Waals surface area contributed by atoms with Gasteiger partial charge in [-0.1, -0.05) is 5.16 Å². The lowest BCUT2D eigenvalue weighted by Gasteiger charge is -2.08. The van der Waals surface area contributed by atoms with Gasteiger partial charge in [-0.25, -0.2) is 4.98 Å². The smallest absolute Gasteiger partial charge is 0.239 e. The standard InChI is InChI=1S/C12H15N3O2S2/c1-7-4-11(17-15-7)14-12(16)8(2)18-5-10-6-19-9(3)13-10/h4,6,8H,5H2,1-3H3,(H,14,16)/t8-/m1/s1. The van der Waals surface area contributed by atoms with Crippen LogP contribution < -0.4 is 5.32 Å². The number of carbonyl (C=O) groups is 1. The van der Waals surface area contributed by atoms with Crippen molar-refractivity contribution in [3.63, 3.8) is 0 Å². The monoisotopic (exact) mass is 297 g/mol. The Bertz CT molecular complexity index is 565. The lowest BCUT2D eigenvalue weighted by molar-refractivity contribution is -0.115. The number of anilines is 1. The summed E-state index contributed by atoms with van der Waals surface area (Å²) < 4.78 is 4.95. The number of hydrogen-bond acceptors (Lipinski definition) is 6. The molecule has 1 atom stereocenters. The summed E-state index contributed by atoms with van der Waals surface area (Å²) in [5.74, 6) is 1.03. The third-order valence-electron chi connectivity index (χ3n) is 2.39. The maximum atomic E-state index is 11.9. The van der Waals surface area contributed by atoms with Gasteiger partial charge in [0.05, 0.1) is 21.6 Å². The SMILES string of the molecule is Cc1cc(NC(=O)[C@@H](C)SCc2csc(C)n2)on1. The second-order valence-electron chi connectivity index (χ2n) is 4.13. The first-order valence-electron chi connectivity index (χ1n) is 5.81. The Kier molecular flexibility index (Phi) is 4.60. The molecular weight excluding hydrogens is 282 g/mol. The maximum Gasteiger partial charge on any atom is 0.239 e. The average molecular weight is 297 g/mol. The molecule has 2 aromatic rings. The summed E-state index contributed by atoms with van der Waals surface area (Å²) in [6.45, 7) is 5.64. The quantitative estimate of drug-likeness (QED) is 0.918. The van der Waals surface area contributed by atoms with Gasteiger partial charge in [-0.3, -0.25) is 10.1 Å². The van der Waals surface area contributed by atoms with Crippen LogP contribution in [0.15, 0.2) is 16.0 Å². The van der Waals surface area contributed by atoms with Crippen molar-refractivity contribution in [1.82, 2.24) is 10.1 Å². The third-order valence-corrected chi connectivity index (χ3v) is 4.39. The number of amides is 1. The first-order valence-corrected chi connectivity index (χ1v) is 7.74. The van der Waals surface area contributed by atoms with Gasteiger partial charge in [-0.05, 0) is 20.8 Å². The molecule has 0 unspecified atom stereocenters. The van der Waals surface area contributed by atoms with Crippen LogP contribution >= 0.6 is 23.1 Å². The van der Waals surface area contributed by atoms with Gasteiger partial charge < -0.3 is 4.52 Å². The van der Waals surface area contributed by atoms with Gasteiger partial charge in [-0.15, -0.1) is 23.1 Å². The molecule has 0 spiro atoms. The summed E-state index contributed by atoms with van der Waals surface area (Å²) in [4.78, 5) is 16.3. The van der Waals surface area contributed by atoms with Gasteiger partial charge >= 0.3 is 0 Å². The highest BCUT2D eigenvalue weighted by Crippen LogP contribution is 2.20.